The van der Waals surface area contributed by atoms with E-state index in [4.69, 9.17) is 9.47 Å². The summed E-state index contributed by atoms with van der Waals surface area (Å²) in [5.74, 6) is -0.430. The number of nitrogens with one attached hydrogen (secondary N) is 1. The number of H-pyrrole nitrogens is 1. The fourth-order valence-electron chi connectivity index (χ4n) is 3.55. The zero-order valence-electron chi connectivity index (χ0n) is 17.6. The second kappa shape index (κ2) is 9.54. The largest absolute Gasteiger partial charge is 0.469 e. The summed E-state index contributed by atoms with van der Waals surface area (Å²) < 4.78 is 12.5. The summed E-state index contributed by atoms with van der Waals surface area (Å²) in [5, 5.41) is 3.57. The average Bonchev–Trinajstić information content (AvgIpc) is 3.35. The van der Waals surface area contributed by atoms with Crippen LogP contribution in [0.4, 0.5) is 0 Å². The molecule has 0 spiro atoms. The van der Waals surface area contributed by atoms with Crippen molar-refractivity contribution in [1.29, 1.82) is 0 Å². The fourth-order valence-corrected chi connectivity index (χ4v) is 4.48. The molecule has 164 valence electrons. The number of carbonyl (C=O) groups is 1. The summed E-state index contributed by atoms with van der Waals surface area (Å²) in [6.07, 6.45) is -0.0463. The van der Waals surface area contributed by atoms with Gasteiger partial charge >= 0.3 is 5.97 Å². The van der Waals surface area contributed by atoms with Crippen molar-refractivity contribution in [1.82, 2.24) is 19.7 Å². The number of carbonyl (C=O) groups excluding carboxylic acids is 1. The monoisotopic (exact) mass is 443 g/mol. The number of benzene rings is 1. The Balaban J connectivity index is 1.65. The highest BCUT2D eigenvalue weighted by Gasteiger charge is 2.22. The number of ether oxygens (including phenoxy) is 2. The third kappa shape index (κ3) is 4.76. The van der Waals surface area contributed by atoms with E-state index in [0.717, 1.165) is 43.1 Å². The molecule has 0 saturated carbocycles. The number of aliphatic imine (C=N–C) groups is 1. The van der Waals surface area contributed by atoms with Gasteiger partial charge in [0.1, 0.15) is 0 Å². The van der Waals surface area contributed by atoms with Gasteiger partial charge in [-0.1, -0.05) is 23.5 Å². The van der Waals surface area contributed by atoms with Crippen LogP contribution < -0.4 is 5.56 Å². The number of aromatic amines is 1. The molecule has 1 saturated heterocycles. The van der Waals surface area contributed by atoms with Gasteiger partial charge in [-0.2, -0.15) is 4.68 Å². The number of nitrogens with zero attached hydrogens (tertiary/aromatic N) is 4. The molecule has 1 aliphatic rings. The zero-order chi connectivity index (χ0) is 21.8. The van der Waals surface area contributed by atoms with Crippen molar-refractivity contribution in [3.63, 3.8) is 0 Å². The number of fused-ring (bicyclic) bond motifs is 1. The first-order valence-electron chi connectivity index (χ1n) is 10.1. The van der Waals surface area contributed by atoms with E-state index in [-0.39, 0.29) is 12.0 Å². The summed E-state index contributed by atoms with van der Waals surface area (Å²) in [5.41, 5.74) is 2.00. The molecule has 1 aliphatic heterocycles. The van der Waals surface area contributed by atoms with Crippen molar-refractivity contribution in [3.05, 3.63) is 45.9 Å². The molecule has 0 amide bonds. The van der Waals surface area contributed by atoms with Gasteiger partial charge in [0.15, 0.2) is 0 Å². The first-order valence-corrected chi connectivity index (χ1v) is 11.0. The molecule has 2 aromatic heterocycles. The molecule has 3 heterocycles. The van der Waals surface area contributed by atoms with Gasteiger partial charge in [0.2, 0.25) is 5.13 Å². The summed E-state index contributed by atoms with van der Waals surface area (Å²) >= 11 is 1.41. The van der Waals surface area contributed by atoms with Crippen molar-refractivity contribution < 1.29 is 14.3 Å². The van der Waals surface area contributed by atoms with Gasteiger partial charge in [-0.25, -0.2) is 4.98 Å². The van der Waals surface area contributed by atoms with E-state index in [1.165, 1.54) is 23.1 Å². The van der Waals surface area contributed by atoms with Crippen LogP contribution in [0.2, 0.25) is 0 Å². The van der Waals surface area contributed by atoms with Crippen LogP contribution in [0.1, 0.15) is 18.2 Å². The SMILES string of the molecule is COC(=O)Cc1[nH]n(-c2nc3ccccc3s2)c(=O)c1C(C)=NCCN1CCOCC1. The number of methoxy groups -OCH3 is 1. The molecule has 10 heteroatoms. The van der Waals surface area contributed by atoms with Gasteiger partial charge in [0, 0.05) is 25.3 Å². The normalized spacial score (nSPS) is 15.5. The quantitative estimate of drug-likeness (QED) is 0.440. The maximum absolute atomic E-state index is 13.3. The van der Waals surface area contributed by atoms with Crippen LogP contribution in [0.25, 0.3) is 15.3 Å². The van der Waals surface area contributed by atoms with E-state index in [1.54, 1.807) is 6.92 Å². The Bertz CT molecular complexity index is 1120. The number of hydrogen-bond acceptors (Lipinski definition) is 8. The van der Waals surface area contributed by atoms with Crippen molar-refractivity contribution >= 4 is 33.2 Å². The van der Waals surface area contributed by atoms with E-state index in [9.17, 15) is 9.59 Å². The molecule has 0 atom stereocenters. The Morgan fingerprint density at radius 3 is 2.84 bits per heavy atom. The van der Waals surface area contributed by atoms with E-state index in [1.807, 2.05) is 24.3 Å². The number of rotatable bonds is 7. The van der Waals surface area contributed by atoms with E-state index < -0.39 is 5.97 Å². The molecule has 3 aromatic rings. The van der Waals surface area contributed by atoms with Gasteiger partial charge in [0.05, 0.1) is 54.8 Å². The Morgan fingerprint density at radius 1 is 1.32 bits per heavy atom. The smallest absolute Gasteiger partial charge is 0.311 e. The molecule has 0 bridgehead atoms. The summed E-state index contributed by atoms with van der Waals surface area (Å²) in [7, 11) is 1.33. The first kappa shape index (κ1) is 21.4. The molecule has 0 aliphatic carbocycles. The first-order chi connectivity index (χ1) is 15.1. The zero-order valence-corrected chi connectivity index (χ0v) is 18.4. The van der Waals surface area contributed by atoms with E-state index in [2.05, 4.69) is 20.0 Å². The van der Waals surface area contributed by atoms with Gasteiger partial charge < -0.3 is 9.47 Å². The molecule has 1 fully saturated rings. The third-order valence-corrected chi connectivity index (χ3v) is 6.24. The molecule has 4 rings (SSSR count). The van der Waals surface area contributed by atoms with E-state index >= 15 is 0 Å². The lowest BCUT2D eigenvalue weighted by atomic mass is 10.1. The molecule has 0 unspecified atom stereocenters. The molecule has 0 radical (unpaired) electrons. The Kier molecular flexibility index (Phi) is 6.59. The van der Waals surface area contributed by atoms with Crippen molar-refractivity contribution in [3.8, 4) is 5.13 Å². The van der Waals surface area contributed by atoms with Gasteiger partial charge in [0.25, 0.3) is 5.56 Å². The number of hydrogen-bond donors (Lipinski definition) is 1. The highest BCUT2D eigenvalue weighted by Crippen LogP contribution is 2.24. The van der Waals surface area contributed by atoms with Crippen LogP contribution in [0, 0.1) is 0 Å². The molecular formula is C21H25N5O4S. The minimum absolute atomic E-state index is 0.0463. The Morgan fingerprint density at radius 2 is 2.10 bits per heavy atom. The average molecular weight is 444 g/mol. The lowest BCUT2D eigenvalue weighted by molar-refractivity contribution is -0.139. The summed E-state index contributed by atoms with van der Waals surface area (Å²) in [4.78, 5) is 36.7. The highest BCUT2D eigenvalue weighted by molar-refractivity contribution is 7.20. The third-order valence-electron chi connectivity index (χ3n) is 5.22. The second-order valence-electron chi connectivity index (χ2n) is 7.24. The maximum Gasteiger partial charge on any atom is 0.311 e. The Hall–Kier alpha value is -2.82. The summed E-state index contributed by atoms with van der Waals surface area (Å²) in [6.45, 7) is 6.40. The van der Waals surface area contributed by atoms with Crippen LogP contribution in [-0.2, 0) is 20.7 Å². The van der Waals surface area contributed by atoms with Crippen molar-refractivity contribution in [2.24, 2.45) is 4.99 Å². The van der Waals surface area contributed by atoms with Crippen LogP contribution in [0.15, 0.2) is 34.1 Å². The number of esters is 1. The Labute approximate surface area is 183 Å². The molecule has 1 aromatic carbocycles. The molecule has 31 heavy (non-hydrogen) atoms. The minimum Gasteiger partial charge on any atom is -0.469 e. The number of para-hydroxylation sites is 1. The predicted octanol–water partition coefficient (Wildman–Crippen LogP) is 1.63. The lowest BCUT2D eigenvalue weighted by Gasteiger charge is -2.25. The van der Waals surface area contributed by atoms with Crippen LogP contribution >= 0.6 is 11.3 Å². The van der Waals surface area contributed by atoms with E-state index in [0.29, 0.717) is 28.6 Å². The highest BCUT2D eigenvalue weighted by atomic mass is 32.1. The van der Waals surface area contributed by atoms with Gasteiger partial charge in [-0.05, 0) is 19.1 Å². The molecule has 9 nitrogen and oxygen atoms in total. The topological polar surface area (TPSA) is 102 Å². The van der Waals surface area contributed by atoms with Crippen LogP contribution in [0.5, 0.6) is 0 Å². The standard InChI is InChI=1S/C21H25N5O4S/c1-14(22-7-8-25-9-11-30-12-10-25)19-16(13-18(27)29-2)24-26(20(19)28)21-23-15-5-3-4-6-17(15)31-21/h3-6,24H,7-13H2,1-2H3. The van der Waals surface area contributed by atoms with Crippen molar-refractivity contribution in [2.45, 2.75) is 13.3 Å². The fraction of sp³-hybridized carbons (Fsp3) is 0.429. The predicted molar refractivity (Wildman–Crippen MR) is 120 cm³/mol. The van der Waals surface area contributed by atoms with Crippen LogP contribution in [0.3, 0.4) is 0 Å². The van der Waals surface area contributed by atoms with Gasteiger partial charge in [-0.15, -0.1) is 0 Å². The van der Waals surface area contributed by atoms with Crippen LogP contribution in [-0.4, -0.2) is 77.8 Å². The summed E-state index contributed by atoms with van der Waals surface area (Å²) in [6, 6.07) is 7.70. The number of aromatic nitrogens is 3. The van der Waals surface area contributed by atoms with Gasteiger partial charge in [-0.3, -0.25) is 24.6 Å². The van der Waals surface area contributed by atoms with Crippen molar-refractivity contribution in [2.75, 3.05) is 46.5 Å². The second-order valence-corrected chi connectivity index (χ2v) is 8.25. The molecular weight excluding hydrogens is 418 g/mol. The minimum atomic E-state index is -0.430. The number of morpholine rings is 1. The maximum atomic E-state index is 13.3. The molecule has 1 N–H and O–H groups in total. The lowest BCUT2D eigenvalue weighted by Crippen LogP contribution is -2.37. The number of thiazole rings is 1.